The molecule has 0 heterocycles. The van der Waals surface area contributed by atoms with Crippen molar-refractivity contribution in [2.24, 2.45) is 5.41 Å². The molecule has 54 valence electrons. The van der Waals surface area contributed by atoms with Gasteiger partial charge in [0.1, 0.15) is 0 Å². The first-order chi connectivity index (χ1) is 4.04. The molecule has 0 aromatic carbocycles. The van der Waals surface area contributed by atoms with Crippen LogP contribution in [0, 0.1) is 5.41 Å². The van der Waals surface area contributed by atoms with Crippen molar-refractivity contribution in [1.82, 2.24) is 5.32 Å². The summed E-state index contributed by atoms with van der Waals surface area (Å²) in [5.74, 6) is 0.100. The van der Waals surface area contributed by atoms with E-state index in [0.29, 0.717) is 0 Å². The zero-order valence-electron chi connectivity index (χ0n) is 6.06. The third kappa shape index (κ3) is 2.37. The van der Waals surface area contributed by atoms with Crippen LogP contribution in [0.3, 0.4) is 0 Å². The van der Waals surface area contributed by atoms with Crippen molar-refractivity contribution in [2.45, 2.75) is 19.2 Å². The van der Waals surface area contributed by atoms with E-state index in [2.05, 4.69) is 21.3 Å². The Bertz CT molecular complexity index is 112. The van der Waals surface area contributed by atoms with Crippen molar-refractivity contribution in [3.8, 4) is 0 Å². The first-order valence-electron chi connectivity index (χ1n) is 2.87. The number of carbonyl (C=O) groups excluding carboxylic acids is 1. The van der Waals surface area contributed by atoms with Crippen molar-refractivity contribution >= 4 is 21.9 Å². The summed E-state index contributed by atoms with van der Waals surface area (Å²) in [6.45, 7) is 3.84. The van der Waals surface area contributed by atoms with Crippen LogP contribution in [-0.2, 0) is 4.79 Å². The molecule has 0 aliphatic heterocycles. The number of amides is 1. The quantitative estimate of drug-likeness (QED) is 0.619. The molecular weight excluding hydrogens is 181 g/mol. The van der Waals surface area contributed by atoms with Gasteiger partial charge in [0.05, 0.1) is 0 Å². The molecule has 0 saturated heterocycles. The van der Waals surface area contributed by atoms with Gasteiger partial charge in [-0.3, -0.25) is 0 Å². The molecule has 0 aliphatic rings. The second-order valence-electron chi connectivity index (χ2n) is 2.62. The van der Waals surface area contributed by atoms with E-state index in [4.69, 9.17) is 0 Å². The van der Waals surface area contributed by atoms with Crippen LogP contribution in [0.25, 0.3) is 0 Å². The zero-order valence-corrected chi connectivity index (χ0v) is 7.94. The summed E-state index contributed by atoms with van der Waals surface area (Å²) in [4.78, 5) is 10.9. The predicted octanol–water partition coefficient (Wildman–Crippen LogP) is 0.0777. The second-order valence-corrected chi connectivity index (χ2v) is 3.28. The van der Waals surface area contributed by atoms with E-state index >= 15 is 0 Å². The van der Waals surface area contributed by atoms with Gasteiger partial charge in [-0.05, 0) is 0 Å². The molecular formula is C6H13NOSe. The van der Waals surface area contributed by atoms with E-state index in [9.17, 15) is 4.79 Å². The van der Waals surface area contributed by atoms with Crippen LogP contribution in [0.4, 0.5) is 0 Å². The summed E-state index contributed by atoms with van der Waals surface area (Å²) in [5, 5.41) is 3.43. The fourth-order valence-corrected chi connectivity index (χ4v) is 0.711. The predicted molar refractivity (Wildman–Crippen MR) is 39.8 cm³/mol. The second kappa shape index (κ2) is 3.23. The van der Waals surface area contributed by atoms with E-state index in [1.807, 2.05) is 13.8 Å². The van der Waals surface area contributed by atoms with Gasteiger partial charge < -0.3 is 0 Å². The average molecular weight is 194 g/mol. The van der Waals surface area contributed by atoms with E-state index in [0.717, 1.165) is 5.32 Å². The number of nitrogens with one attached hydrogen (secondary N) is 1. The Morgan fingerprint density at radius 3 is 2.22 bits per heavy atom. The Kier molecular flexibility index (Phi) is 3.23. The molecule has 1 amide bonds. The molecule has 0 saturated carbocycles. The number of rotatable bonds is 2. The molecule has 0 fully saturated rings. The van der Waals surface area contributed by atoms with Gasteiger partial charge in [-0.1, -0.05) is 0 Å². The molecule has 0 aliphatic carbocycles. The summed E-state index contributed by atoms with van der Waals surface area (Å²) in [7, 11) is 1.66. The minimum absolute atomic E-state index is 0.100. The third-order valence-corrected chi connectivity index (χ3v) is 2.90. The Morgan fingerprint density at radius 2 is 2.11 bits per heavy atom. The Hall–Kier alpha value is -0.0105. The fourth-order valence-electron chi connectivity index (χ4n) is 0.410. The van der Waals surface area contributed by atoms with Crippen LogP contribution in [0.2, 0.25) is 5.32 Å². The standard InChI is InChI=1S/C6H13NOSe/c1-6(2,4-9)5(8)7-3/h9H,4H2,1-3H3,(H,7,8). The van der Waals surface area contributed by atoms with E-state index in [1.54, 1.807) is 7.05 Å². The summed E-state index contributed by atoms with van der Waals surface area (Å²) in [5.41, 5.74) is -0.227. The van der Waals surface area contributed by atoms with Gasteiger partial charge in [-0.25, -0.2) is 0 Å². The first-order valence-corrected chi connectivity index (χ1v) is 4.20. The Balaban J connectivity index is 3.97. The molecule has 1 N–H and O–H groups in total. The first kappa shape index (κ1) is 8.99. The maximum atomic E-state index is 10.9. The van der Waals surface area contributed by atoms with E-state index < -0.39 is 0 Å². The normalized spacial score (nSPS) is 11.1. The molecule has 9 heavy (non-hydrogen) atoms. The van der Waals surface area contributed by atoms with Crippen LogP contribution in [0.5, 0.6) is 0 Å². The van der Waals surface area contributed by atoms with Crippen molar-refractivity contribution in [3.63, 3.8) is 0 Å². The van der Waals surface area contributed by atoms with Gasteiger partial charge in [0, 0.05) is 0 Å². The van der Waals surface area contributed by atoms with E-state index in [1.165, 1.54) is 0 Å². The molecule has 0 bridgehead atoms. The van der Waals surface area contributed by atoms with E-state index in [-0.39, 0.29) is 11.3 Å². The third-order valence-electron chi connectivity index (χ3n) is 1.24. The summed E-state index contributed by atoms with van der Waals surface area (Å²) in [6.07, 6.45) is 0. The van der Waals surface area contributed by atoms with Crippen molar-refractivity contribution in [1.29, 1.82) is 0 Å². The zero-order chi connectivity index (χ0) is 7.49. The molecule has 0 unspecified atom stereocenters. The van der Waals surface area contributed by atoms with Crippen LogP contribution in [-0.4, -0.2) is 29.0 Å². The number of hydrogen-bond acceptors (Lipinski definition) is 1. The van der Waals surface area contributed by atoms with Crippen LogP contribution in [0.1, 0.15) is 13.8 Å². The molecule has 3 heteroatoms. The summed E-state index contributed by atoms with van der Waals surface area (Å²) >= 11 is 2.42. The number of hydrogen-bond donors (Lipinski definition) is 1. The molecule has 2 nitrogen and oxygen atoms in total. The molecule has 0 spiro atoms. The molecule has 0 aromatic rings. The summed E-state index contributed by atoms with van der Waals surface area (Å²) in [6, 6.07) is 0. The van der Waals surface area contributed by atoms with Crippen LogP contribution < -0.4 is 5.32 Å². The monoisotopic (exact) mass is 195 g/mol. The van der Waals surface area contributed by atoms with Gasteiger partial charge in [0.2, 0.25) is 0 Å². The molecule has 0 radical (unpaired) electrons. The van der Waals surface area contributed by atoms with Crippen LogP contribution in [0.15, 0.2) is 0 Å². The molecule has 0 aromatic heterocycles. The van der Waals surface area contributed by atoms with Gasteiger partial charge >= 0.3 is 63.7 Å². The summed E-state index contributed by atoms with van der Waals surface area (Å²) < 4.78 is 0. The Labute approximate surface area is 64.2 Å². The van der Waals surface area contributed by atoms with Gasteiger partial charge in [0.15, 0.2) is 0 Å². The number of carbonyl (C=O) groups is 1. The fraction of sp³-hybridized carbons (Fsp3) is 0.833. The SMILES string of the molecule is CNC(=O)C(C)(C)C[SeH]. The van der Waals surface area contributed by atoms with Gasteiger partial charge in [-0.15, -0.1) is 0 Å². The maximum absolute atomic E-state index is 10.9. The Morgan fingerprint density at radius 1 is 1.67 bits per heavy atom. The van der Waals surface area contributed by atoms with Crippen molar-refractivity contribution < 1.29 is 4.79 Å². The van der Waals surface area contributed by atoms with Crippen molar-refractivity contribution in [3.05, 3.63) is 0 Å². The topological polar surface area (TPSA) is 29.1 Å². The van der Waals surface area contributed by atoms with Gasteiger partial charge in [-0.2, -0.15) is 0 Å². The molecule has 0 rings (SSSR count). The van der Waals surface area contributed by atoms with Crippen molar-refractivity contribution in [2.75, 3.05) is 7.05 Å². The molecule has 0 atom stereocenters. The van der Waals surface area contributed by atoms with Crippen LogP contribution >= 0.6 is 0 Å². The van der Waals surface area contributed by atoms with Gasteiger partial charge in [0.25, 0.3) is 0 Å². The minimum atomic E-state index is -0.227. The average Bonchev–Trinajstić information content (AvgIpc) is 1.86.